The molecule has 0 radical (unpaired) electrons. The summed E-state index contributed by atoms with van der Waals surface area (Å²) in [5, 5.41) is 4.09. The maximum atomic E-state index is 12.8. The lowest BCUT2D eigenvalue weighted by atomic mass is 9.86. The number of para-hydroxylation sites is 2. The van der Waals surface area contributed by atoms with Crippen LogP contribution >= 0.6 is 0 Å². The molecule has 4 rings (SSSR count). The zero-order valence-corrected chi connectivity index (χ0v) is 17.1. The van der Waals surface area contributed by atoms with Crippen LogP contribution in [0.2, 0.25) is 0 Å². The van der Waals surface area contributed by atoms with Crippen molar-refractivity contribution in [3.63, 3.8) is 0 Å². The quantitative estimate of drug-likeness (QED) is 0.520. The number of aromatic nitrogens is 1. The van der Waals surface area contributed by atoms with Gasteiger partial charge in [-0.2, -0.15) is 0 Å². The lowest BCUT2D eigenvalue weighted by Crippen LogP contribution is -2.43. The SMILES string of the molecule is CC1CCCCC1NC(=O)COC(=O)Cn1c2ccccc2c(=O)c2ccccc21. The van der Waals surface area contributed by atoms with Gasteiger partial charge in [0.15, 0.2) is 12.0 Å². The van der Waals surface area contributed by atoms with Gasteiger partial charge in [-0.25, -0.2) is 0 Å². The summed E-state index contributed by atoms with van der Waals surface area (Å²) in [5.74, 6) is -0.338. The van der Waals surface area contributed by atoms with Crippen molar-refractivity contribution in [1.29, 1.82) is 0 Å². The minimum absolute atomic E-state index is 0.0632. The molecule has 0 saturated heterocycles. The standard InChI is InChI=1S/C24H26N2O4/c1-16-8-2-5-11-19(16)25-22(27)15-30-23(28)14-26-20-12-6-3-9-17(20)24(29)18-10-4-7-13-21(18)26/h3-4,6-7,9-10,12-13,16,19H,2,5,8,11,14-15H2,1H3,(H,25,27). The molecule has 1 fully saturated rings. The molecule has 2 atom stereocenters. The molecule has 1 aliphatic rings. The van der Waals surface area contributed by atoms with E-state index in [9.17, 15) is 14.4 Å². The van der Waals surface area contributed by atoms with Crippen LogP contribution in [0.4, 0.5) is 0 Å². The number of hydrogen-bond acceptors (Lipinski definition) is 4. The number of nitrogens with zero attached hydrogens (tertiary/aromatic N) is 1. The van der Waals surface area contributed by atoms with Crippen molar-refractivity contribution in [2.75, 3.05) is 6.61 Å². The van der Waals surface area contributed by atoms with Gasteiger partial charge in [0, 0.05) is 16.8 Å². The number of carbonyl (C=O) groups is 2. The summed E-state index contributed by atoms with van der Waals surface area (Å²) in [6, 6.07) is 14.6. The number of amides is 1. The maximum Gasteiger partial charge on any atom is 0.326 e. The van der Waals surface area contributed by atoms with Crippen LogP contribution in [0.5, 0.6) is 0 Å². The van der Waals surface area contributed by atoms with Gasteiger partial charge in [0.1, 0.15) is 6.54 Å². The molecule has 6 nitrogen and oxygen atoms in total. The second-order valence-electron chi connectivity index (χ2n) is 8.05. The van der Waals surface area contributed by atoms with Crippen molar-refractivity contribution in [3.8, 4) is 0 Å². The van der Waals surface area contributed by atoms with Gasteiger partial charge < -0.3 is 14.6 Å². The first-order chi connectivity index (χ1) is 14.5. The Hall–Kier alpha value is -3.15. The van der Waals surface area contributed by atoms with Gasteiger partial charge in [-0.05, 0) is 43.0 Å². The smallest absolute Gasteiger partial charge is 0.326 e. The van der Waals surface area contributed by atoms with Gasteiger partial charge in [-0.3, -0.25) is 14.4 Å². The highest BCUT2D eigenvalue weighted by Gasteiger charge is 2.23. The minimum atomic E-state index is -0.513. The van der Waals surface area contributed by atoms with Crippen LogP contribution in [0, 0.1) is 5.92 Å². The number of rotatable bonds is 5. The number of carbonyl (C=O) groups excluding carboxylic acids is 2. The molecule has 3 aromatic rings. The normalized spacial score (nSPS) is 19.0. The van der Waals surface area contributed by atoms with Crippen molar-refractivity contribution in [3.05, 3.63) is 58.8 Å². The Morgan fingerprint density at radius 1 is 1.00 bits per heavy atom. The van der Waals surface area contributed by atoms with Crippen LogP contribution in [0.1, 0.15) is 32.6 Å². The molecule has 156 valence electrons. The Morgan fingerprint density at radius 3 is 2.23 bits per heavy atom. The fourth-order valence-corrected chi connectivity index (χ4v) is 4.35. The molecular weight excluding hydrogens is 380 g/mol. The van der Waals surface area contributed by atoms with E-state index in [4.69, 9.17) is 4.74 Å². The first kappa shape index (κ1) is 20.1. The Labute approximate surface area is 174 Å². The molecule has 1 saturated carbocycles. The topological polar surface area (TPSA) is 77.4 Å². The first-order valence-electron chi connectivity index (χ1n) is 10.5. The Kier molecular flexibility index (Phi) is 5.84. The molecule has 0 bridgehead atoms. The third-order valence-corrected chi connectivity index (χ3v) is 5.99. The van der Waals surface area contributed by atoms with Crippen LogP contribution in [-0.4, -0.2) is 29.1 Å². The van der Waals surface area contributed by atoms with Crippen molar-refractivity contribution >= 4 is 33.7 Å². The Morgan fingerprint density at radius 2 is 1.60 bits per heavy atom. The Balaban J connectivity index is 1.50. The van der Waals surface area contributed by atoms with Gasteiger partial charge in [-0.15, -0.1) is 0 Å². The van der Waals surface area contributed by atoms with Crippen molar-refractivity contribution in [1.82, 2.24) is 9.88 Å². The van der Waals surface area contributed by atoms with Crippen LogP contribution < -0.4 is 10.7 Å². The molecule has 0 spiro atoms. The predicted octanol–water partition coefficient (Wildman–Crippen LogP) is 3.39. The lowest BCUT2D eigenvalue weighted by molar-refractivity contribution is -0.149. The summed E-state index contributed by atoms with van der Waals surface area (Å²) >= 11 is 0. The molecular formula is C24H26N2O4. The van der Waals surface area contributed by atoms with Crippen molar-refractivity contribution in [2.24, 2.45) is 5.92 Å². The average Bonchev–Trinajstić information content (AvgIpc) is 2.77. The van der Waals surface area contributed by atoms with E-state index in [0.29, 0.717) is 27.7 Å². The van der Waals surface area contributed by atoms with Crippen LogP contribution in [0.15, 0.2) is 53.3 Å². The summed E-state index contributed by atoms with van der Waals surface area (Å²) in [7, 11) is 0. The maximum absolute atomic E-state index is 12.8. The predicted molar refractivity (Wildman–Crippen MR) is 116 cm³/mol. The molecule has 2 unspecified atom stereocenters. The first-order valence-corrected chi connectivity index (χ1v) is 10.5. The lowest BCUT2D eigenvalue weighted by Gasteiger charge is -2.29. The highest BCUT2D eigenvalue weighted by Crippen LogP contribution is 2.23. The molecule has 1 aliphatic carbocycles. The Bertz CT molecular complexity index is 1090. The van der Waals surface area contributed by atoms with E-state index in [1.54, 1.807) is 28.8 Å². The second-order valence-corrected chi connectivity index (χ2v) is 8.05. The van der Waals surface area contributed by atoms with Gasteiger partial charge in [-0.1, -0.05) is 44.0 Å². The summed E-state index contributed by atoms with van der Waals surface area (Å²) in [4.78, 5) is 37.6. The summed E-state index contributed by atoms with van der Waals surface area (Å²) in [6.45, 7) is 1.77. The highest BCUT2D eigenvalue weighted by atomic mass is 16.5. The van der Waals surface area contributed by atoms with Gasteiger partial charge in [0.05, 0.1) is 11.0 Å². The number of fused-ring (bicyclic) bond motifs is 2. The van der Waals surface area contributed by atoms with Crippen molar-refractivity contribution < 1.29 is 14.3 Å². The van der Waals surface area contributed by atoms with Crippen LogP contribution in [0.25, 0.3) is 21.8 Å². The minimum Gasteiger partial charge on any atom is -0.454 e. The average molecular weight is 406 g/mol. The van der Waals surface area contributed by atoms with E-state index in [2.05, 4.69) is 12.2 Å². The molecule has 1 amide bonds. The molecule has 1 N–H and O–H groups in total. The summed E-state index contributed by atoms with van der Waals surface area (Å²) in [5.41, 5.74) is 1.27. The number of esters is 1. The van der Waals surface area contributed by atoms with Crippen LogP contribution in [0.3, 0.4) is 0 Å². The largest absolute Gasteiger partial charge is 0.454 e. The monoisotopic (exact) mass is 406 g/mol. The van der Waals surface area contributed by atoms with Gasteiger partial charge in [0.2, 0.25) is 0 Å². The molecule has 6 heteroatoms. The van der Waals surface area contributed by atoms with E-state index in [1.807, 2.05) is 24.3 Å². The van der Waals surface area contributed by atoms with Crippen molar-refractivity contribution in [2.45, 2.75) is 45.2 Å². The molecule has 1 heterocycles. The van der Waals surface area contributed by atoms with Crippen LogP contribution in [-0.2, 0) is 20.9 Å². The molecule has 2 aromatic carbocycles. The molecule has 0 aliphatic heterocycles. The number of nitrogens with one attached hydrogen (secondary N) is 1. The third kappa shape index (κ3) is 4.08. The van der Waals surface area contributed by atoms with E-state index < -0.39 is 5.97 Å². The van der Waals surface area contributed by atoms with Gasteiger partial charge in [0.25, 0.3) is 5.91 Å². The van der Waals surface area contributed by atoms with E-state index >= 15 is 0 Å². The number of benzene rings is 2. The zero-order valence-electron chi connectivity index (χ0n) is 17.1. The van der Waals surface area contributed by atoms with Gasteiger partial charge >= 0.3 is 5.97 Å². The second kappa shape index (κ2) is 8.69. The van der Waals surface area contributed by atoms with E-state index in [1.165, 1.54) is 6.42 Å². The summed E-state index contributed by atoms with van der Waals surface area (Å²) < 4.78 is 7.04. The zero-order chi connectivity index (χ0) is 21.1. The van der Waals surface area contributed by atoms with E-state index in [0.717, 1.165) is 19.3 Å². The fourth-order valence-electron chi connectivity index (χ4n) is 4.35. The van der Waals surface area contributed by atoms with E-state index in [-0.39, 0.29) is 30.5 Å². The molecule has 1 aromatic heterocycles. The highest BCUT2D eigenvalue weighted by molar-refractivity contribution is 5.94. The third-order valence-electron chi connectivity index (χ3n) is 5.99. The number of ether oxygens (including phenoxy) is 1. The molecule has 30 heavy (non-hydrogen) atoms. The number of hydrogen-bond donors (Lipinski definition) is 1. The number of pyridine rings is 1. The fraction of sp³-hybridized carbons (Fsp3) is 0.375. The summed E-state index contributed by atoms with van der Waals surface area (Å²) in [6.07, 6.45) is 4.39.